The Bertz CT molecular complexity index is 944. The molecule has 5 rings (SSSR count). The number of hydrogen-bond acceptors (Lipinski definition) is 6. The number of fused-ring (bicyclic) bond motifs is 1. The van der Waals surface area contributed by atoms with E-state index in [1.807, 2.05) is 20.8 Å². The normalized spacial score (nSPS) is 35.4. The summed E-state index contributed by atoms with van der Waals surface area (Å²) in [6, 6.07) is 0.221. The van der Waals surface area contributed by atoms with Crippen molar-refractivity contribution in [2.24, 2.45) is 29.6 Å². The van der Waals surface area contributed by atoms with Crippen LogP contribution >= 0.6 is 0 Å². The summed E-state index contributed by atoms with van der Waals surface area (Å²) >= 11 is 0. The Labute approximate surface area is 255 Å². The second-order valence-electron chi connectivity index (χ2n) is 16.1. The molecule has 6 atom stereocenters. The number of hydrogen-bond donors (Lipinski definition) is 2. The van der Waals surface area contributed by atoms with Gasteiger partial charge in [0.1, 0.15) is 5.60 Å². The lowest BCUT2D eigenvalue weighted by atomic mass is 9.54. The predicted molar refractivity (Wildman–Crippen MR) is 166 cm³/mol. The fraction of sp³-hybridized carbons (Fsp3) is 0.939. The van der Waals surface area contributed by atoms with Gasteiger partial charge in [-0.15, -0.1) is 0 Å². The smallest absolute Gasteiger partial charge is 0.444 e. The lowest BCUT2D eigenvalue weighted by molar-refractivity contribution is -0.140. The number of ether oxygens (including phenoxy) is 1. The Morgan fingerprint density at radius 2 is 1.62 bits per heavy atom. The molecule has 0 bridgehead atoms. The van der Waals surface area contributed by atoms with Gasteiger partial charge in [0.25, 0.3) is 0 Å². The fourth-order valence-corrected chi connectivity index (χ4v) is 8.62. The largest absolute Gasteiger partial charge is 0.461 e. The van der Waals surface area contributed by atoms with Gasteiger partial charge in [-0.25, -0.2) is 4.79 Å². The van der Waals surface area contributed by atoms with Crippen molar-refractivity contribution >= 4 is 19.1 Å². The van der Waals surface area contributed by atoms with Crippen molar-refractivity contribution in [3.8, 4) is 0 Å². The molecule has 2 aliphatic carbocycles. The number of nitrogens with one attached hydrogen (secondary N) is 2. The van der Waals surface area contributed by atoms with Gasteiger partial charge in [-0.05, 0) is 129 Å². The number of rotatable bonds is 5. The van der Waals surface area contributed by atoms with Crippen LogP contribution in [0.2, 0.25) is 5.82 Å². The summed E-state index contributed by atoms with van der Waals surface area (Å²) in [5, 5.41) is 6.79. The lowest BCUT2D eigenvalue weighted by Crippen LogP contribution is -2.57. The lowest BCUT2D eigenvalue weighted by Gasteiger charge is -2.48. The molecule has 3 heterocycles. The van der Waals surface area contributed by atoms with Crippen LogP contribution in [-0.4, -0.2) is 73.0 Å². The molecular weight excluding hydrogens is 529 g/mol. The Hall–Kier alpha value is -1.32. The van der Waals surface area contributed by atoms with Gasteiger partial charge in [-0.3, -0.25) is 4.79 Å². The highest BCUT2D eigenvalue weighted by molar-refractivity contribution is 6.47. The highest BCUT2D eigenvalue weighted by Crippen LogP contribution is 2.50. The molecule has 2 saturated carbocycles. The summed E-state index contributed by atoms with van der Waals surface area (Å²) in [5.41, 5.74) is -1.11. The van der Waals surface area contributed by atoms with Crippen LogP contribution in [0.25, 0.3) is 0 Å². The van der Waals surface area contributed by atoms with Crippen LogP contribution in [0.4, 0.5) is 4.79 Å². The van der Waals surface area contributed by atoms with Gasteiger partial charge in [0.15, 0.2) is 0 Å². The Morgan fingerprint density at radius 1 is 0.929 bits per heavy atom. The van der Waals surface area contributed by atoms with E-state index >= 15 is 0 Å². The fourth-order valence-electron chi connectivity index (χ4n) is 8.62. The van der Waals surface area contributed by atoms with E-state index < -0.39 is 5.60 Å². The minimum atomic E-state index is -0.467. The summed E-state index contributed by atoms with van der Waals surface area (Å²) in [6.45, 7) is 17.7. The summed E-state index contributed by atoms with van der Waals surface area (Å²) < 4.78 is 18.5. The van der Waals surface area contributed by atoms with E-state index in [0.29, 0.717) is 41.9 Å². The standard InChI is InChI=1S/C33H58BN3O5/c1-31(2,3)40-30(39)36-21-22-10-8-11-24(20-22)23-15-18-37(19-16-23)29(38)26-13-14-27(25-12-9-17-35-28(25)26)34-41-32(4,5)33(6,7)42-34/h22-28,35H,8-21H2,1-7H3,(H,36,39). The van der Waals surface area contributed by atoms with Gasteiger partial charge < -0.3 is 29.6 Å². The first-order valence-electron chi connectivity index (χ1n) is 17.1. The van der Waals surface area contributed by atoms with Crippen LogP contribution < -0.4 is 10.6 Å². The highest BCUT2D eigenvalue weighted by Gasteiger charge is 2.58. The Balaban J connectivity index is 1.12. The number of amides is 2. The van der Waals surface area contributed by atoms with E-state index in [1.165, 1.54) is 25.7 Å². The number of carbonyl (C=O) groups excluding carboxylic acids is 2. The molecular formula is C33H58BN3O5. The van der Waals surface area contributed by atoms with Crippen molar-refractivity contribution in [3.63, 3.8) is 0 Å². The molecule has 3 saturated heterocycles. The molecule has 238 valence electrons. The second kappa shape index (κ2) is 12.6. The molecule has 0 aromatic heterocycles. The SMILES string of the molecule is CC(C)(C)OC(=O)NCC1CCCC(C2CCN(C(=O)C3CCC(B4OC(C)(C)C(C)(C)O4)C4CCCNC34)CC2)C1. The molecule has 0 radical (unpaired) electrons. The van der Waals surface area contributed by atoms with Gasteiger partial charge in [0, 0.05) is 25.7 Å². The van der Waals surface area contributed by atoms with Gasteiger partial charge in [0.2, 0.25) is 5.91 Å². The summed E-state index contributed by atoms with van der Waals surface area (Å²) in [6.07, 6.45) is 11.0. The van der Waals surface area contributed by atoms with Crippen LogP contribution in [0.15, 0.2) is 0 Å². The monoisotopic (exact) mass is 587 g/mol. The molecule has 42 heavy (non-hydrogen) atoms. The third kappa shape index (κ3) is 7.15. The minimum Gasteiger partial charge on any atom is -0.444 e. The second-order valence-corrected chi connectivity index (χ2v) is 16.1. The van der Waals surface area contributed by atoms with Crippen molar-refractivity contribution in [1.82, 2.24) is 15.5 Å². The van der Waals surface area contributed by atoms with E-state index in [0.717, 1.165) is 58.2 Å². The van der Waals surface area contributed by atoms with E-state index in [1.54, 1.807) is 0 Å². The summed E-state index contributed by atoms with van der Waals surface area (Å²) in [5.74, 6) is 3.07. The first-order valence-corrected chi connectivity index (χ1v) is 17.1. The molecule has 2 N–H and O–H groups in total. The molecule has 2 amide bonds. The van der Waals surface area contributed by atoms with Gasteiger partial charge in [0.05, 0.1) is 17.1 Å². The molecule has 8 nitrogen and oxygen atoms in total. The van der Waals surface area contributed by atoms with Crippen molar-refractivity contribution < 1.29 is 23.6 Å². The molecule has 3 aliphatic heterocycles. The third-order valence-electron chi connectivity index (χ3n) is 11.6. The molecule has 0 aromatic carbocycles. The quantitative estimate of drug-likeness (QED) is 0.396. The average Bonchev–Trinajstić information content (AvgIpc) is 3.16. The van der Waals surface area contributed by atoms with E-state index in [4.69, 9.17) is 14.0 Å². The van der Waals surface area contributed by atoms with Crippen molar-refractivity contribution in [1.29, 1.82) is 0 Å². The highest BCUT2D eigenvalue weighted by atomic mass is 16.7. The van der Waals surface area contributed by atoms with Crippen LogP contribution in [0.3, 0.4) is 0 Å². The maximum absolute atomic E-state index is 14.0. The maximum atomic E-state index is 14.0. The number of carbonyl (C=O) groups is 2. The number of likely N-dealkylation sites (tertiary alicyclic amines) is 1. The molecule has 0 aromatic rings. The van der Waals surface area contributed by atoms with E-state index in [-0.39, 0.29) is 36.4 Å². The zero-order valence-corrected chi connectivity index (χ0v) is 27.5. The van der Waals surface area contributed by atoms with E-state index in [2.05, 4.69) is 43.2 Å². The molecule has 5 fully saturated rings. The molecule has 9 heteroatoms. The third-order valence-corrected chi connectivity index (χ3v) is 11.6. The molecule has 6 unspecified atom stereocenters. The topological polar surface area (TPSA) is 89.1 Å². The van der Waals surface area contributed by atoms with Crippen LogP contribution in [0, 0.1) is 29.6 Å². The summed E-state index contributed by atoms with van der Waals surface area (Å²) in [7, 11) is -0.187. The van der Waals surface area contributed by atoms with Crippen molar-refractivity contribution in [3.05, 3.63) is 0 Å². The maximum Gasteiger partial charge on any atom is 0.461 e. The van der Waals surface area contributed by atoms with Crippen molar-refractivity contribution in [2.75, 3.05) is 26.2 Å². The number of piperidine rings is 2. The number of nitrogens with zero attached hydrogens (tertiary/aromatic N) is 1. The first kappa shape index (κ1) is 32.1. The first-order chi connectivity index (χ1) is 19.7. The minimum absolute atomic E-state index is 0.0588. The van der Waals surface area contributed by atoms with Crippen LogP contribution in [0.5, 0.6) is 0 Å². The van der Waals surface area contributed by atoms with Gasteiger partial charge in [-0.1, -0.05) is 19.3 Å². The average molecular weight is 588 g/mol. The molecule has 5 aliphatic rings. The van der Waals surface area contributed by atoms with Gasteiger partial charge >= 0.3 is 13.2 Å². The zero-order valence-electron chi connectivity index (χ0n) is 27.5. The van der Waals surface area contributed by atoms with Crippen LogP contribution in [-0.2, 0) is 18.8 Å². The van der Waals surface area contributed by atoms with Crippen molar-refractivity contribution in [2.45, 2.75) is 141 Å². The Morgan fingerprint density at radius 3 is 2.29 bits per heavy atom. The zero-order chi connectivity index (χ0) is 30.3. The van der Waals surface area contributed by atoms with Gasteiger partial charge in [-0.2, -0.15) is 0 Å². The predicted octanol–water partition coefficient (Wildman–Crippen LogP) is 5.80. The Kier molecular flexibility index (Phi) is 9.62. The van der Waals surface area contributed by atoms with Crippen LogP contribution in [0.1, 0.15) is 113 Å². The summed E-state index contributed by atoms with van der Waals surface area (Å²) in [4.78, 5) is 28.3. The van der Waals surface area contributed by atoms with E-state index in [9.17, 15) is 9.59 Å². The molecule has 0 spiro atoms. The number of alkyl carbamates (subject to hydrolysis) is 1.